The molecule has 96 valence electrons. The molecule has 18 heavy (non-hydrogen) atoms. The molecule has 0 amide bonds. The molecule has 0 saturated carbocycles. The maximum absolute atomic E-state index is 5.85. The van der Waals surface area contributed by atoms with E-state index < -0.39 is 0 Å². The second-order valence-corrected chi connectivity index (χ2v) is 4.47. The molecule has 0 saturated heterocycles. The molecule has 0 fully saturated rings. The first-order valence-electron chi connectivity index (χ1n) is 6.33. The van der Waals surface area contributed by atoms with Crippen molar-refractivity contribution in [2.24, 2.45) is 5.73 Å². The SMILES string of the molecule is CCN(Cc1ccco1)c1ccc(C(C)N)cc1. The maximum atomic E-state index is 5.85. The van der Waals surface area contributed by atoms with Crippen LogP contribution in [0.2, 0.25) is 0 Å². The minimum Gasteiger partial charge on any atom is -0.467 e. The average Bonchev–Trinajstić information content (AvgIpc) is 2.89. The van der Waals surface area contributed by atoms with Gasteiger partial charge in [0.1, 0.15) is 5.76 Å². The zero-order valence-corrected chi connectivity index (χ0v) is 11.0. The van der Waals surface area contributed by atoms with E-state index in [0.717, 1.165) is 24.4 Å². The largest absolute Gasteiger partial charge is 0.467 e. The van der Waals surface area contributed by atoms with Gasteiger partial charge in [-0.2, -0.15) is 0 Å². The molecule has 1 heterocycles. The summed E-state index contributed by atoms with van der Waals surface area (Å²) in [6.45, 7) is 5.87. The van der Waals surface area contributed by atoms with Crippen LogP contribution in [0.4, 0.5) is 5.69 Å². The molecule has 1 atom stereocenters. The van der Waals surface area contributed by atoms with Crippen LogP contribution in [0.3, 0.4) is 0 Å². The Morgan fingerprint density at radius 3 is 2.44 bits per heavy atom. The van der Waals surface area contributed by atoms with Crippen LogP contribution >= 0.6 is 0 Å². The first-order chi connectivity index (χ1) is 8.70. The number of furan rings is 1. The fraction of sp³-hybridized carbons (Fsp3) is 0.333. The summed E-state index contributed by atoms with van der Waals surface area (Å²) < 4.78 is 5.39. The lowest BCUT2D eigenvalue weighted by Gasteiger charge is -2.22. The Labute approximate surface area is 108 Å². The summed E-state index contributed by atoms with van der Waals surface area (Å²) in [6, 6.07) is 12.4. The summed E-state index contributed by atoms with van der Waals surface area (Å²) in [5, 5.41) is 0. The van der Waals surface area contributed by atoms with Crippen LogP contribution in [0.5, 0.6) is 0 Å². The third-order valence-electron chi connectivity index (χ3n) is 3.09. The fourth-order valence-corrected chi connectivity index (χ4v) is 1.97. The Balaban J connectivity index is 2.12. The predicted molar refractivity (Wildman–Crippen MR) is 74.5 cm³/mol. The van der Waals surface area contributed by atoms with E-state index in [0.29, 0.717) is 0 Å². The van der Waals surface area contributed by atoms with Crippen molar-refractivity contribution in [2.75, 3.05) is 11.4 Å². The number of anilines is 1. The number of nitrogens with two attached hydrogens (primary N) is 1. The number of hydrogen-bond donors (Lipinski definition) is 1. The number of nitrogens with zero attached hydrogens (tertiary/aromatic N) is 1. The maximum Gasteiger partial charge on any atom is 0.123 e. The van der Waals surface area contributed by atoms with Crippen molar-refractivity contribution in [3.63, 3.8) is 0 Å². The lowest BCUT2D eigenvalue weighted by Crippen LogP contribution is -2.21. The molecule has 2 aromatic rings. The van der Waals surface area contributed by atoms with Crippen molar-refractivity contribution in [3.8, 4) is 0 Å². The van der Waals surface area contributed by atoms with E-state index >= 15 is 0 Å². The van der Waals surface area contributed by atoms with Gasteiger partial charge in [0.15, 0.2) is 0 Å². The molecule has 0 spiro atoms. The van der Waals surface area contributed by atoms with Crippen LogP contribution < -0.4 is 10.6 Å². The van der Waals surface area contributed by atoms with Gasteiger partial charge >= 0.3 is 0 Å². The molecule has 2 N–H and O–H groups in total. The van der Waals surface area contributed by atoms with Crippen LogP contribution in [0.15, 0.2) is 47.1 Å². The standard InChI is InChI=1S/C15H20N2O/c1-3-17(11-15-5-4-10-18-15)14-8-6-13(7-9-14)12(2)16/h4-10,12H,3,11,16H2,1-2H3. The summed E-state index contributed by atoms with van der Waals surface area (Å²) in [6.07, 6.45) is 1.71. The minimum atomic E-state index is 0.0826. The smallest absolute Gasteiger partial charge is 0.123 e. The molecule has 0 aliphatic carbocycles. The highest BCUT2D eigenvalue weighted by Crippen LogP contribution is 2.20. The van der Waals surface area contributed by atoms with Crippen molar-refractivity contribution in [3.05, 3.63) is 54.0 Å². The minimum absolute atomic E-state index is 0.0826. The van der Waals surface area contributed by atoms with Gasteiger partial charge < -0.3 is 15.1 Å². The van der Waals surface area contributed by atoms with Crippen LogP contribution in [0.25, 0.3) is 0 Å². The molecule has 0 aliphatic heterocycles. The van der Waals surface area contributed by atoms with Crippen LogP contribution in [0.1, 0.15) is 31.2 Å². The van der Waals surface area contributed by atoms with Crippen LogP contribution in [-0.2, 0) is 6.54 Å². The Morgan fingerprint density at radius 2 is 1.94 bits per heavy atom. The van der Waals surface area contributed by atoms with E-state index in [2.05, 4.69) is 36.1 Å². The number of rotatable bonds is 5. The van der Waals surface area contributed by atoms with Gasteiger partial charge in [-0.15, -0.1) is 0 Å². The molecular weight excluding hydrogens is 224 g/mol. The van der Waals surface area contributed by atoms with Gasteiger partial charge in [-0.1, -0.05) is 12.1 Å². The highest BCUT2D eigenvalue weighted by molar-refractivity contribution is 5.48. The summed E-state index contributed by atoms with van der Waals surface area (Å²) in [4.78, 5) is 2.27. The molecule has 0 radical (unpaired) electrons. The predicted octanol–water partition coefficient (Wildman–Crippen LogP) is 3.33. The third kappa shape index (κ3) is 2.93. The summed E-state index contributed by atoms with van der Waals surface area (Å²) >= 11 is 0. The van der Waals surface area contributed by atoms with E-state index in [-0.39, 0.29) is 6.04 Å². The monoisotopic (exact) mass is 244 g/mol. The topological polar surface area (TPSA) is 42.4 Å². The Kier molecular flexibility index (Phi) is 4.05. The van der Waals surface area contributed by atoms with Gasteiger partial charge in [0, 0.05) is 18.3 Å². The molecule has 3 heteroatoms. The Morgan fingerprint density at radius 1 is 1.22 bits per heavy atom. The van der Waals surface area contributed by atoms with Crippen molar-refractivity contribution in [1.29, 1.82) is 0 Å². The molecule has 0 bridgehead atoms. The van der Waals surface area contributed by atoms with Crippen molar-refractivity contribution >= 4 is 5.69 Å². The Bertz CT molecular complexity index is 460. The lowest BCUT2D eigenvalue weighted by atomic mass is 10.1. The van der Waals surface area contributed by atoms with Crippen molar-refractivity contribution in [2.45, 2.75) is 26.4 Å². The molecular formula is C15H20N2O. The van der Waals surface area contributed by atoms with Crippen LogP contribution in [-0.4, -0.2) is 6.54 Å². The third-order valence-corrected chi connectivity index (χ3v) is 3.09. The average molecular weight is 244 g/mol. The van der Waals surface area contributed by atoms with Gasteiger partial charge in [0.05, 0.1) is 12.8 Å². The molecule has 2 rings (SSSR count). The van der Waals surface area contributed by atoms with Gasteiger partial charge in [-0.3, -0.25) is 0 Å². The normalized spacial score (nSPS) is 12.4. The van der Waals surface area contributed by atoms with Gasteiger partial charge in [0.25, 0.3) is 0 Å². The first-order valence-corrected chi connectivity index (χ1v) is 6.33. The Hall–Kier alpha value is -1.74. The summed E-state index contributed by atoms with van der Waals surface area (Å²) in [5.74, 6) is 0.980. The van der Waals surface area contributed by atoms with E-state index in [1.165, 1.54) is 5.69 Å². The molecule has 0 aliphatic rings. The van der Waals surface area contributed by atoms with E-state index in [1.54, 1.807) is 6.26 Å². The summed E-state index contributed by atoms with van der Waals surface area (Å²) in [5.41, 5.74) is 8.21. The van der Waals surface area contributed by atoms with E-state index in [1.807, 2.05) is 19.1 Å². The van der Waals surface area contributed by atoms with Crippen molar-refractivity contribution < 1.29 is 4.42 Å². The van der Waals surface area contributed by atoms with Gasteiger partial charge in [0.2, 0.25) is 0 Å². The second kappa shape index (κ2) is 5.74. The second-order valence-electron chi connectivity index (χ2n) is 4.47. The van der Waals surface area contributed by atoms with E-state index in [4.69, 9.17) is 10.2 Å². The lowest BCUT2D eigenvalue weighted by molar-refractivity contribution is 0.503. The zero-order chi connectivity index (χ0) is 13.0. The fourth-order valence-electron chi connectivity index (χ4n) is 1.97. The zero-order valence-electron chi connectivity index (χ0n) is 11.0. The molecule has 1 aromatic carbocycles. The van der Waals surface area contributed by atoms with Crippen LogP contribution in [0, 0.1) is 0 Å². The highest BCUT2D eigenvalue weighted by Gasteiger charge is 2.07. The molecule has 3 nitrogen and oxygen atoms in total. The quantitative estimate of drug-likeness (QED) is 0.877. The van der Waals surface area contributed by atoms with Gasteiger partial charge in [-0.05, 0) is 43.7 Å². The van der Waals surface area contributed by atoms with Crippen molar-refractivity contribution in [1.82, 2.24) is 0 Å². The molecule has 1 unspecified atom stereocenters. The molecule has 1 aromatic heterocycles. The highest BCUT2D eigenvalue weighted by atomic mass is 16.3. The number of hydrogen-bond acceptors (Lipinski definition) is 3. The van der Waals surface area contributed by atoms with E-state index in [9.17, 15) is 0 Å². The number of benzene rings is 1. The summed E-state index contributed by atoms with van der Waals surface area (Å²) in [7, 11) is 0. The van der Waals surface area contributed by atoms with Gasteiger partial charge in [-0.25, -0.2) is 0 Å². The first kappa shape index (κ1) is 12.7.